The van der Waals surface area contributed by atoms with E-state index in [1.165, 1.54) is 25.7 Å². The van der Waals surface area contributed by atoms with Crippen LogP contribution in [0.3, 0.4) is 0 Å². The van der Waals surface area contributed by atoms with Crippen LogP contribution in [0.5, 0.6) is 5.75 Å². The molecule has 22 heavy (non-hydrogen) atoms. The standard InChI is InChI=1S/C17H26ClNO3/c1-2-3-4-5-10-19-13-20-11-17(22-14-19)12-21-16-8-6-15(18)7-9-16/h6-9,17H,2-5,10-14H2,1H3/t17-/m0/s1. The van der Waals surface area contributed by atoms with Crippen molar-refractivity contribution in [3.05, 3.63) is 29.3 Å². The zero-order valence-electron chi connectivity index (χ0n) is 13.3. The fourth-order valence-electron chi connectivity index (χ4n) is 2.32. The lowest BCUT2D eigenvalue weighted by Crippen LogP contribution is -2.29. The zero-order valence-corrected chi connectivity index (χ0v) is 14.1. The van der Waals surface area contributed by atoms with E-state index in [2.05, 4.69) is 11.8 Å². The molecule has 4 nitrogen and oxygen atoms in total. The highest BCUT2D eigenvalue weighted by Gasteiger charge is 2.18. The average Bonchev–Trinajstić information content (AvgIpc) is 2.76. The Morgan fingerprint density at radius 2 is 2.00 bits per heavy atom. The number of nitrogens with zero attached hydrogens (tertiary/aromatic N) is 1. The molecule has 1 aliphatic heterocycles. The minimum Gasteiger partial charge on any atom is -0.491 e. The van der Waals surface area contributed by atoms with Crippen molar-refractivity contribution in [1.29, 1.82) is 0 Å². The van der Waals surface area contributed by atoms with Crippen molar-refractivity contribution in [2.75, 3.05) is 33.2 Å². The predicted molar refractivity (Wildman–Crippen MR) is 88.4 cm³/mol. The Labute approximate surface area is 138 Å². The van der Waals surface area contributed by atoms with E-state index in [0.29, 0.717) is 31.7 Å². The van der Waals surface area contributed by atoms with Crippen LogP contribution in [-0.4, -0.2) is 44.2 Å². The van der Waals surface area contributed by atoms with Crippen LogP contribution in [0.2, 0.25) is 5.02 Å². The Morgan fingerprint density at radius 3 is 2.77 bits per heavy atom. The van der Waals surface area contributed by atoms with E-state index in [9.17, 15) is 0 Å². The van der Waals surface area contributed by atoms with Gasteiger partial charge in [-0.1, -0.05) is 37.8 Å². The first-order valence-corrected chi connectivity index (χ1v) is 8.46. The van der Waals surface area contributed by atoms with Crippen LogP contribution >= 0.6 is 11.6 Å². The lowest BCUT2D eigenvalue weighted by atomic mass is 10.2. The normalized spacial score (nSPS) is 19.8. The first-order valence-electron chi connectivity index (χ1n) is 8.08. The molecule has 1 aliphatic rings. The van der Waals surface area contributed by atoms with E-state index < -0.39 is 0 Å². The third-order valence-electron chi connectivity index (χ3n) is 3.65. The third kappa shape index (κ3) is 6.53. The molecular weight excluding hydrogens is 302 g/mol. The summed E-state index contributed by atoms with van der Waals surface area (Å²) in [7, 11) is 0. The van der Waals surface area contributed by atoms with Gasteiger partial charge < -0.3 is 14.2 Å². The van der Waals surface area contributed by atoms with Crippen molar-refractivity contribution >= 4 is 11.6 Å². The lowest BCUT2D eigenvalue weighted by Gasteiger charge is -2.19. The van der Waals surface area contributed by atoms with Gasteiger partial charge in [-0.05, 0) is 30.7 Å². The van der Waals surface area contributed by atoms with Gasteiger partial charge in [-0.2, -0.15) is 0 Å². The molecule has 0 aliphatic carbocycles. The highest BCUT2D eigenvalue weighted by atomic mass is 35.5. The second-order valence-corrected chi connectivity index (χ2v) is 6.07. The van der Waals surface area contributed by atoms with Crippen LogP contribution in [0.4, 0.5) is 0 Å². The van der Waals surface area contributed by atoms with Gasteiger partial charge in [0.25, 0.3) is 0 Å². The van der Waals surface area contributed by atoms with Crippen LogP contribution in [0.25, 0.3) is 0 Å². The molecule has 1 heterocycles. The molecule has 124 valence electrons. The minimum absolute atomic E-state index is 0.0312. The van der Waals surface area contributed by atoms with Crippen LogP contribution in [-0.2, 0) is 9.47 Å². The smallest absolute Gasteiger partial charge is 0.119 e. The van der Waals surface area contributed by atoms with Crippen LogP contribution in [0, 0.1) is 0 Å². The number of hydrogen-bond donors (Lipinski definition) is 0. The molecule has 0 unspecified atom stereocenters. The number of rotatable bonds is 8. The molecule has 1 saturated heterocycles. The fourth-order valence-corrected chi connectivity index (χ4v) is 2.44. The van der Waals surface area contributed by atoms with Gasteiger partial charge in [0.05, 0.1) is 6.61 Å². The third-order valence-corrected chi connectivity index (χ3v) is 3.90. The van der Waals surface area contributed by atoms with Crippen LogP contribution in [0.1, 0.15) is 32.6 Å². The Balaban J connectivity index is 1.65. The summed E-state index contributed by atoms with van der Waals surface area (Å²) in [6.07, 6.45) is 5.00. The fraction of sp³-hybridized carbons (Fsp3) is 0.647. The molecule has 1 aromatic rings. The summed E-state index contributed by atoms with van der Waals surface area (Å²) in [5.74, 6) is 0.800. The number of unbranched alkanes of at least 4 members (excludes halogenated alkanes) is 3. The predicted octanol–water partition coefficient (Wildman–Crippen LogP) is 3.93. The Hall–Kier alpha value is -0.810. The highest BCUT2D eigenvalue weighted by Crippen LogP contribution is 2.16. The van der Waals surface area contributed by atoms with E-state index in [1.807, 2.05) is 24.3 Å². The monoisotopic (exact) mass is 327 g/mol. The summed E-state index contributed by atoms with van der Waals surface area (Å²) >= 11 is 5.85. The van der Waals surface area contributed by atoms with Gasteiger partial charge >= 0.3 is 0 Å². The largest absolute Gasteiger partial charge is 0.491 e. The topological polar surface area (TPSA) is 30.9 Å². The van der Waals surface area contributed by atoms with Gasteiger partial charge in [0.15, 0.2) is 0 Å². The first-order chi connectivity index (χ1) is 10.8. The number of ether oxygens (including phenoxy) is 3. The second kappa shape index (κ2) is 10.1. The molecule has 2 rings (SSSR count). The van der Waals surface area contributed by atoms with Gasteiger partial charge in [0, 0.05) is 11.6 Å². The maximum atomic E-state index is 5.87. The molecule has 0 bridgehead atoms. The summed E-state index contributed by atoms with van der Waals surface area (Å²) in [5.41, 5.74) is 0. The maximum Gasteiger partial charge on any atom is 0.119 e. The SMILES string of the molecule is CCCCCCN1COC[C@@H](COc2ccc(Cl)cc2)OC1. The molecule has 1 fully saturated rings. The van der Waals surface area contributed by atoms with Crippen LogP contribution < -0.4 is 4.74 Å². The number of benzene rings is 1. The summed E-state index contributed by atoms with van der Waals surface area (Å²) in [6.45, 7) is 5.57. The van der Waals surface area contributed by atoms with Crippen molar-refractivity contribution in [3.8, 4) is 5.75 Å². The van der Waals surface area contributed by atoms with Gasteiger partial charge in [0.1, 0.15) is 31.9 Å². The summed E-state index contributed by atoms with van der Waals surface area (Å²) < 4.78 is 17.3. The zero-order chi connectivity index (χ0) is 15.6. The summed E-state index contributed by atoms with van der Waals surface area (Å²) in [6, 6.07) is 7.36. The molecule has 0 spiro atoms. The lowest BCUT2D eigenvalue weighted by molar-refractivity contribution is -0.0195. The maximum absolute atomic E-state index is 5.87. The van der Waals surface area contributed by atoms with Crippen molar-refractivity contribution < 1.29 is 14.2 Å². The highest BCUT2D eigenvalue weighted by molar-refractivity contribution is 6.30. The first kappa shape index (κ1) is 17.5. The average molecular weight is 328 g/mol. The van der Waals surface area contributed by atoms with Gasteiger partial charge in [-0.25, -0.2) is 0 Å². The van der Waals surface area contributed by atoms with E-state index >= 15 is 0 Å². The van der Waals surface area contributed by atoms with Crippen molar-refractivity contribution in [3.63, 3.8) is 0 Å². The van der Waals surface area contributed by atoms with Crippen molar-refractivity contribution in [1.82, 2.24) is 4.90 Å². The summed E-state index contributed by atoms with van der Waals surface area (Å²) in [5, 5.41) is 0.708. The Morgan fingerprint density at radius 1 is 1.18 bits per heavy atom. The molecular formula is C17H26ClNO3. The molecule has 0 N–H and O–H groups in total. The van der Waals surface area contributed by atoms with Crippen molar-refractivity contribution in [2.24, 2.45) is 0 Å². The summed E-state index contributed by atoms with van der Waals surface area (Å²) in [4.78, 5) is 2.21. The molecule has 1 atom stereocenters. The van der Waals surface area contributed by atoms with Crippen molar-refractivity contribution in [2.45, 2.75) is 38.7 Å². The Bertz CT molecular complexity index is 413. The molecule has 0 saturated carbocycles. The molecule has 5 heteroatoms. The van der Waals surface area contributed by atoms with Gasteiger partial charge in [-0.3, -0.25) is 4.90 Å². The quantitative estimate of drug-likeness (QED) is 0.677. The molecule has 0 radical (unpaired) electrons. The van der Waals surface area contributed by atoms with E-state index in [-0.39, 0.29) is 6.10 Å². The van der Waals surface area contributed by atoms with E-state index in [1.54, 1.807) is 0 Å². The molecule has 0 aromatic heterocycles. The van der Waals surface area contributed by atoms with Gasteiger partial charge in [-0.15, -0.1) is 0 Å². The Kier molecular flexibility index (Phi) is 8.02. The van der Waals surface area contributed by atoms with E-state index in [4.69, 9.17) is 25.8 Å². The number of halogens is 1. The van der Waals surface area contributed by atoms with Gasteiger partial charge in [0.2, 0.25) is 0 Å². The number of hydrogen-bond acceptors (Lipinski definition) is 4. The molecule has 1 aromatic carbocycles. The van der Waals surface area contributed by atoms with E-state index in [0.717, 1.165) is 12.3 Å². The molecule has 0 amide bonds. The second-order valence-electron chi connectivity index (χ2n) is 5.64. The minimum atomic E-state index is -0.0312. The van der Waals surface area contributed by atoms with Crippen LogP contribution in [0.15, 0.2) is 24.3 Å².